The van der Waals surface area contributed by atoms with Crippen molar-refractivity contribution in [3.63, 3.8) is 0 Å². The van der Waals surface area contributed by atoms with Gasteiger partial charge in [-0.05, 0) is 55.2 Å². The van der Waals surface area contributed by atoms with Crippen LogP contribution in [0.15, 0.2) is 46.5 Å². The standard InChI is InChI=1S/C18H18ClNO2/c19-14-3-1-12(2-4-14)17-6-5-15(22-17)11-16-18(21)13-7-9-20(16)10-8-13/h1-6,11,13,18,21H,7-10H2/b16-11-/t18-/m1/s1. The highest BCUT2D eigenvalue weighted by Crippen LogP contribution is 2.36. The average Bonchev–Trinajstić information content (AvgIpc) is 3.01. The monoisotopic (exact) mass is 315 g/mol. The molecule has 114 valence electrons. The number of aliphatic hydroxyl groups excluding tert-OH is 1. The molecule has 1 aromatic carbocycles. The van der Waals surface area contributed by atoms with E-state index in [2.05, 4.69) is 4.90 Å². The summed E-state index contributed by atoms with van der Waals surface area (Å²) in [6.07, 6.45) is 3.81. The number of hydrogen-bond donors (Lipinski definition) is 1. The van der Waals surface area contributed by atoms with E-state index in [1.165, 1.54) is 0 Å². The SMILES string of the molecule is O[C@H]1/C(=C/c2ccc(-c3ccc(Cl)cc3)o2)N2CCC1CC2. The van der Waals surface area contributed by atoms with E-state index in [0.717, 1.165) is 48.7 Å². The molecular weight excluding hydrogens is 298 g/mol. The molecule has 22 heavy (non-hydrogen) atoms. The number of benzene rings is 1. The predicted molar refractivity (Wildman–Crippen MR) is 87.4 cm³/mol. The minimum atomic E-state index is -0.355. The Kier molecular flexibility index (Phi) is 3.47. The van der Waals surface area contributed by atoms with Gasteiger partial charge in [0.05, 0.1) is 6.10 Å². The smallest absolute Gasteiger partial charge is 0.134 e. The Morgan fingerprint density at radius 2 is 1.82 bits per heavy atom. The van der Waals surface area contributed by atoms with E-state index in [9.17, 15) is 5.11 Å². The van der Waals surface area contributed by atoms with Gasteiger partial charge in [0.2, 0.25) is 0 Å². The van der Waals surface area contributed by atoms with E-state index < -0.39 is 0 Å². The third kappa shape index (κ3) is 2.44. The molecule has 0 spiro atoms. The number of hydrogen-bond acceptors (Lipinski definition) is 3. The van der Waals surface area contributed by atoms with E-state index in [0.29, 0.717) is 10.9 Å². The fraction of sp³-hybridized carbons (Fsp3) is 0.333. The van der Waals surface area contributed by atoms with E-state index >= 15 is 0 Å². The van der Waals surface area contributed by atoms with Gasteiger partial charge in [0.15, 0.2) is 0 Å². The predicted octanol–water partition coefficient (Wildman–Crippen LogP) is 4.03. The first-order chi connectivity index (χ1) is 10.7. The molecular formula is C18H18ClNO2. The fourth-order valence-corrected chi connectivity index (χ4v) is 3.55. The van der Waals surface area contributed by atoms with Crippen LogP contribution < -0.4 is 0 Å². The molecule has 3 aliphatic rings. The van der Waals surface area contributed by atoms with Gasteiger partial charge >= 0.3 is 0 Å². The zero-order chi connectivity index (χ0) is 15.1. The van der Waals surface area contributed by atoms with Crippen LogP contribution >= 0.6 is 11.6 Å². The maximum atomic E-state index is 10.4. The van der Waals surface area contributed by atoms with Gasteiger partial charge in [0.1, 0.15) is 11.5 Å². The highest BCUT2D eigenvalue weighted by atomic mass is 35.5. The summed E-state index contributed by atoms with van der Waals surface area (Å²) in [6, 6.07) is 11.5. The lowest BCUT2D eigenvalue weighted by Crippen LogP contribution is -2.48. The maximum Gasteiger partial charge on any atom is 0.134 e. The van der Waals surface area contributed by atoms with Crippen LogP contribution in [0.4, 0.5) is 0 Å². The minimum absolute atomic E-state index is 0.355. The lowest BCUT2D eigenvalue weighted by Gasteiger charge is -2.45. The molecule has 0 saturated carbocycles. The van der Waals surface area contributed by atoms with E-state index in [4.69, 9.17) is 16.0 Å². The van der Waals surface area contributed by atoms with Crippen LogP contribution in [0.1, 0.15) is 18.6 Å². The molecule has 1 aromatic heterocycles. The molecule has 4 heteroatoms. The van der Waals surface area contributed by atoms with E-state index in [1.807, 2.05) is 42.5 Å². The van der Waals surface area contributed by atoms with Gasteiger partial charge in [-0.25, -0.2) is 0 Å². The number of piperidine rings is 3. The zero-order valence-electron chi connectivity index (χ0n) is 12.2. The second-order valence-corrected chi connectivity index (χ2v) is 6.48. The van der Waals surface area contributed by atoms with E-state index in [1.54, 1.807) is 0 Å². The Labute approximate surface area is 134 Å². The maximum absolute atomic E-state index is 10.4. The van der Waals surface area contributed by atoms with Gasteiger partial charge < -0.3 is 14.4 Å². The van der Waals surface area contributed by atoms with Crippen LogP contribution in [0.3, 0.4) is 0 Å². The molecule has 3 nitrogen and oxygen atoms in total. The first-order valence-electron chi connectivity index (χ1n) is 7.71. The van der Waals surface area contributed by atoms with Crippen molar-refractivity contribution in [1.82, 2.24) is 4.90 Å². The third-order valence-electron chi connectivity index (χ3n) is 4.70. The van der Waals surface area contributed by atoms with Crippen molar-refractivity contribution >= 4 is 17.7 Å². The zero-order valence-corrected chi connectivity index (χ0v) is 13.0. The summed E-state index contributed by atoms with van der Waals surface area (Å²) in [5.41, 5.74) is 2.00. The molecule has 3 aliphatic heterocycles. The van der Waals surface area contributed by atoms with Crippen molar-refractivity contribution in [2.75, 3.05) is 13.1 Å². The van der Waals surface area contributed by atoms with Crippen LogP contribution in [-0.4, -0.2) is 29.2 Å². The highest BCUT2D eigenvalue weighted by molar-refractivity contribution is 6.30. The first-order valence-corrected chi connectivity index (χ1v) is 8.09. The normalized spacial score (nSPS) is 25.9. The van der Waals surface area contributed by atoms with Gasteiger partial charge in [-0.2, -0.15) is 0 Å². The Balaban J connectivity index is 1.62. The van der Waals surface area contributed by atoms with Crippen molar-refractivity contribution in [2.24, 2.45) is 5.92 Å². The number of fused-ring (bicyclic) bond motifs is 3. The van der Waals surface area contributed by atoms with Gasteiger partial charge in [-0.15, -0.1) is 0 Å². The third-order valence-corrected chi connectivity index (χ3v) is 4.95. The lowest BCUT2D eigenvalue weighted by atomic mass is 9.83. The van der Waals surface area contributed by atoms with Gasteiger partial charge in [0, 0.05) is 35.4 Å². The second-order valence-electron chi connectivity index (χ2n) is 6.05. The van der Waals surface area contributed by atoms with Crippen molar-refractivity contribution < 1.29 is 9.52 Å². The largest absolute Gasteiger partial charge is 0.457 e. The van der Waals surface area contributed by atoms with E-state index in [-0.39, 0.29) is 6.10 Å². The summed E-state index contributed by atoms with van der Waals surface area (Å²) in [5, 5.41) is 11.1. The molecule has 2 bridgehead atoms. The summed E-state index contributed by atoms with van der Waals surface area (Å²) >= 11 is 5.91. The molecule has 3 fully saturated rings. The lowest BCUT2D eigenvalue weighted by molar-refractivity contribution is 0.0213. The van der Waals surface area contributed by atoms with Gasteiger partial charge in [0.25, 0.3) is 0 Å². The topological polar surface area (TPSA) is 36.6 Å². The summed E-state index contributed by atoms with van der Waals surface area (Å²) in [7, 11) is 0. The number of nitrogens with zero attached hydrogens (tertiary/aromatic N) is 1. The Morgan fingerprint density at radius 3 is 2.50 bits per heavy atom. The van der Waals surface area contributed by atoms with Crippen LogP contribution in [0.25, 0.3) is 17.4 Å². The van der Waals surface area contributed by atoms with Gasteiger partial charge in [-0.3, -0.25) is 0 Å². The number of furan rings is 1. The molecule has 0 aliphatic carbocycles. The van der Waals surface area contributed by atoms with Crippen LogP contribution in [0.2, 0.25) is 5.02 Å². The molecule has 4 heterocycles. The van der Waals surface area contributed by atoms with Gasteiger partial charge in [-0.1, -0.05) is 11.6 Å². The molecule has 1 N–H and O–H groups in total. The van der Waals surface area contributed by atoms with Crippen LogP contribution in [0, 0.1) is 5.92 Å². The highest BCUT2D eigenvalue weighted by Gasteiger charge is 2.36. The number of aliphatic hydroxyl groups is 1. The Hall–Kier alpha value is -1.71. The molecule has 0 unspecified atom stereocenters. The summed E-state index contributed by atoms with van der Waals surface area (Å²) in [5.74, 6) is 2.00. The number of halogens is 1. The summed E-state index contributed by atoms with van der Waals surface area (Å²) < 4.78 is 5.91. The Bertz CT molecular complexity index is 692. The molecule has 5 rings (SSSR count). The first kappa shape index (κ1) is 13.9. The summed E-state index contributed by atoms with van der Waals surface area (Å²) in [4.78, 5) is 2.27. The van der Waals surface area contributed by atoms with Crippen molar-refractivity contribution in [1.29, 1.82) is 0 Å². The summed E-state index contributed by atoms with van der Waals surface area (Å²) in [6.45, 7) is 2.08. The fourth-order valence-electron chi connectivity index (χ4n) is 3.42. The molecule has 2 aromatic rings. The average molecular weight is 316 g/mol. The molecule has 0 amide bonds. The molecule has 1 atom stereocenters. The minimum Gasteiger partial charge on any atom is -0.457 e. The second kappa shape index (κ2) is 5.49. The van der Waals surface area contributed by atoms with Crippen molar-refractivity contribution in [3.05, 3.63) is 52.9 Å². The molecule has 3 saturated heterocycles. The van der Waals surface area contributed by atoms with Crippen molar-refractivity contribution in [2.45, 2.75) is 18.9 Å². The Morgan fingerprint density at radius 1 is 1.09 bits per heavy atom. The van der Waals surface area contributed by atoms with Crippen molar-refractivity contribution in [3.8, 4) is 11.3 Å². The van der Waals surface area contributed by atoms with Crippen LogP contribution in [0.5, 0.6) is 0 Å². The quantitative estimate of drug-likeness (QED) is 0.909. The molecule has 0 radical (unpaired) electrons. The van der Waals surface area contributed by atoms with Crippen LogP contribution in [-0.2, 0) is 0 Å². The number of rotatable bonds is 2.